The van der Waals surface area contributed by atoms with E-state index < -0.39 is 0 Å². The summed E-state index contributed by atoms with van der Waals surface area (Å²) in [5.41, 5.74) is 0. The summed E-state index contributed by atoms with van der Waals surface area (Å²) in [5, 5.41) is 0. The highest BCUT2D eigenvalue weighted by Gasteiger charge is 2.04. The molecule has 15 heavy (non-hydrogen) atoms. The molecule has 0 amide bonds. The molecule has 0 saturated heterocycles. The maximum atomic E-state index is 5.65. The minimum atomic E-state index is 0.588. The normalized spacial score (nSPS) is 11.1. The van der Waals surface area contributed by atoms with Crippen molar-refractivity contribution >= 4 is 16.6 Å². The van der Waals surface area contributed by atoms with Crippen molar-refractivity contribution in [2.75, 3.05) is 0 Å². The Hall–Kier alpha value is 0.492. The average Bonchev–Trinajstić information content (AvgIpc) is 2.27. The smallest absolute Gasteiger partial charge is 0.410 e. The fourth-order valence-corrected chi connectivity index (χ4v) is 2.45. The summed E-state index contributed by atoms with van der Waals surface area (Å²) in [6, 6.07) is 0. The third-order valence-electron chi connectivity index (χ3n) is 3.09. The largest absolute Gasteiger partial charge is 0.504 e. The molecule has 1 nitrogen and oxygen atoms in total. The van der Waals surface area contributed by atoms with Gasteiger partial charge in [0.2, 0.25) is 0 Å². The molecule has 0 heterocycles. The fourth-order valence-electron chi connectivity index (χ4n) is 1.98. The van der Waals surface area contributed by atoms with Gasteiger partial charge in [0.05, 0.1) is 0 Å². The van der Waals surface area contributed by atoms with Crippen molar-refractivity contribution in [3.63, 3.8) is 0 Å². The van der Waals surface area contributed by atoms with Crippen LogP contribution in [0, 0.1) is 0 Å². The summed E-state index contributed by atoms with van der Waals surface area (Å²) in [6.45, 7) is 4.54. The van der Waals surface area contributed by atoms with E-state index in [2.05, 4.69) is 13.8 Å². The van der Waals surface area contributed by atoms with Crippen LogP contribution in [0.4, 0.5) is 0 Å². The SMILES string of the molecule is CCCCCCC(CCCCCC)[O][AlH2]. The minimum absolute atomic E-state index is 0.588. The van der Waals surface area contributed by atoms with Gasteiger partial charge in [-0.15, -0.1) is 0 Å². The number of unbranched alkanes of at least 4 members (excludes halogenated alkanes) is 6. The van der Waals surface area contributed by atoms with E-state index in [0.717, 1.165) is 16.6 Å². The van der Waals surface area contributed by atoms with E-state index in [1.54, 1.807) is 0 Å². The van der Waals surface area contributed by atoms with Crippen LogP contribution in [0.2, 0.25) is 0 Å². The van der Waals surface area contributed by atoms with Crippen LogP contribution in [-0.4, -0.2) is 22.7 Å². The maximum absolute atomic E-state index is 5.65. The van der Waals surface area contributed by atoms with E-state index in [1.165, 1.54) is 64.2 Å². The summed E-state index contributed by atoms with van der Waals surface area (Å²) in [7, 11) is 0. The van der Waals surface area contributed by atoms with Gasteiger partial charge >= 0.3 is 16.6 Å². The molecule has 0 rings (SSSR count). The monoisotopic (exact) mass is 228 g/mol. The molecule has 0 N–H and O–H groups in total. The minimum Gasteiger partial charge on any atom is -0.504 e. The molecule has 2 heteroatoms. The Kier molecular flexibility index (Phi) is 13.0. The molecular formula is C13H29AlO. The Labute approximate surface area is 105 Å². The molecule has 0 radical (unpaired) electrons. The highest BCUT2D eigenvalue weighted by atomic mass is 27.1. The van der Waals surface area contributed by atoms with Gasteiger partial charge in [0.1, 0.15) is 0 Å². The lowest BCUT2D eigenvalue weighted by Crippen LogP contribution is -2.11. The second-order valence-corrected chi connectivity index (χ2v) is 5.03. The predicted molar refractivity (Wildman–Crippen MR) is 70.9 cm³/mol. The van der Waals surface area contributed by atoms with Gasteiger partial charge in [-0.1, -0.05) is 65.2 Å². The summed E-state index contributed by atoms with van der Waals surface area (Å²) in [4.78, 5) is 0. The van der Waals surface area contributed by atoms with Crippen molar-refractivity contribution in [3.05, 3.63) is 0 Å². The molecule has 0 aliphatic heterocycles. The highest BCUT2D eigenvalue weighted by Crippen LogP contribution is 2.14. The molecule has 0 unspecified atom stereocenters. The molecule has 0 aromatic rings. The van der Waals surface area contributed by atoms with Crippen molar-refractivity contribution < 1.29 is 3.79 Å². The predicted octanol–water partition coefficient (Wildman–Crippen LogP) is 3.86. The summed E-state index contributed by atoms with van der Waals surface area (Å²) in [5.74, 6) is 0. The van der Waals surface area contributed by atoms with Crippen molar-refractivity contribution in [1.29, 1.82) is 0 Å². The van der Waals surface area contributed by atoms with Gasteiger partial charge in [-0.3, -0.25) is 0 Å². The van der Waals surface area contributed by atoms with Crippen molar-refractivity contribution in [1.82, 2.24) is 0 Å². The first kappa shape index (κ1) is 15.5. The molecule has 0 aromatic carbocycles. The molecule has 0 fully saturated rings. The van der Waals surface area contributed by atoms with Crippen LogP contribution in [-0.2, 0) is 3.79 Å². The van der Waals surface area contributed by atoms with Gasteiger partial charge < -0.3 is 3.79 Å². The molecular weight excluding hydrogens is 199 g/mol. The highest BCUT2D eigenvalue weighted by molar-refractivity contribution is 5.98. The topological polar surface area (TPSA) is 9.23 Å². The van der Waals surface area contributed by atoms with Crippen molar-refractivity contribution in [2.24, 2.45) is 0 Å². The Morgan fingerprint density at radius 3 is 1.60 bits per heavy atom. The second-order valence-electron chi connectivity index (χ2n) is 4.56. The molecule has 90 valence electrons. The first-order chi connectivity index (χ1) is 7.35. The van der Waals surface area contributed by atoms with Crippen LogP contribution < -0.4 is 0 Å². The molecule has 0 aliphatic rings. The molecule has 0 aromatic heterocycles. The van der Waals surface area contributed by atoms with E-state index in [0.29, 0.717) is 6.10 Å². The zero-order valence-electron chi connectivity index (χ0n) is 11.1. The summed E-state index contributed by atoms with van der Waals surface area (Å²) < 4.78 is 5.65. The van der Waals surface area contributed by atoms with Gasteiger partial charge in [0.15, 0.2) is 0 Å². The third-order valence-corrected chi connectivity index (χ3v) is 3.76. The maximum Gasteiger partial charge on any atom is 0.410 e. The van der Waals surface area contributed by atoms with E-state index in [-0.39, 0.29) is 0 Å². The molecule has 0 spiro atoms. The van der Waals surface area contributed by atoms with Gasteiger partial charge in [-0.2, -0.15) is 0 Å². The molecule has 0 saturated carbocycles. The molecule has 0 atom stereocenters. The van der Waals surface area contributed by atoms with Crippen LogP contribution in [0.3, 0.4) is 0 Å². The van der Waals surface area contributed by atoms with Crippen molar-refractivity contribution in [2.45, 2.75) is 84.2 Å². The first-order valence-corrected chi connectivity index (χ1v) is 7.69. The zero-order chi connectivity index (χ0) is 11.4. The number of rotatable bonds is 11. The van der Waals surface area contributed by atoms with Gasteiger partial charge in [0.25, 0.3) is 0 Å². The zero-order valence-corrected chi connectivity index (χ0v) is 13.1. The average molecular weight is 228 g/mol. The lowest BCUT2D eigenvalue weighted by molar-refractivity contribution is 0.189. The van der Waals surface area contributed by atoms with Gasteiger partial charge in [-0.05, 0) is 12.8 Å². The standard InChI is InChI=1S/C13H27O.Al.2H/c1-3-5-7-9-11-13(14)12-10-8-6-4-2;;;/h13H,3-12H2,1-2H3;;;/q-1;+1;;. The summed E-state index contributed by atoms with van der Waals surface area (Å²) in [6.07, 6.45) is 14.2. The molecule has 0 aliphatic carbocycles. The number of hydrogen-bond acceptors (Lipinski definition) is 1. The Bertz CT molecular complexity index is 105. The van der Waals surface area contributed by atoms with Crippen LogP contribution in [0.15, 0.2) is 0 Å². The van der Waals surface area contributed by atoms with Crippen molar-refractivity contribution in [3.8, 4) is 0 Å². The molecule has 0 bridgehead atoms. The van der Waals surface area contributed by atoms with E-state index >= 15 is 0 Å². The van der Waals surface area contributed by atoms with E-state index in [4.69, 9.17) is 3.79 Å². The second kappa shape index (κ2) is 12.6. The Morgan fingerprint density at radius 1 is 0.800 bits per heavy atom. The van der Waals surface area contributed by atoms with Crippen LogP contribution in [0.1, 0.15) is 78.1 Å². The lowest BCUT2D eigenvalue weighted by atomic mass is 10.0. The Balaban J connectivity index is 3.29. The van der Waals surface area contributed by atoms with E-state index in [1.807, 2.05) is 0 Å². The lowest BCUT2D eigenvalue weighted by Gasteiger charge is -2.16. The third kappa shape index (κ3) is 10.8. The van der Waals surface area contributed by atoms with Crippen LogP contribution in [0.5, 0.6) is 0 Å². The number of hydrogen-bond donors (Lipinski definition) is 0. The van der Waals surface area contributed by atoms with E-state index in [9.17, 15) is 0 Å². The first-order valence-electron chi connectivity index (χ1n) is 6.87. The summed E-state index contributed by atoms with van der Waals surface area (Å²) >= 11 is 0.911. The quantitative estimate of drug-likeness (QED) is 0.385. The van der Waals surface area contributed by atoms with Crippen LogP contribution in [0.25, 0.3) is 0 Å². The Morgan fingerprint density at radius 2 is 1.27 bits per heavy atom. The van der Waals surface area contributed by atoms with Gasteiger partial charge in [0, 0.05) is 6.10 Å². The fraction of sp³-hybridized carbons (Fsp3) is 1.00. The van der Waals surface area contributed by atoms with Crippen LogP contribution >= 0.6 is 0 Å². The van der Waals surface area contributed by atoms with Gasteiger partial charge in [-0.25, -0.2) is 0 Å².